The first-order valence-electron chi connectivity index (χ1n) is 3.06. The Morgan fingerprint density at radius 3 is 1.89 bits per heavy atom. The predicted molar refractivity (Wildman–Crippen MR) is 42.8 cm³/mol. The molecule has 1 saturated heterocycles. The molecule has 0 aliphatic carbocycles. The smallest absolute Gasteiger partial charge is 0.179 e. The average molecular weight is 168 g/mol. The molecule has 9 heavy (non-hydrogen) atoms. The highest BCUT2D eigenvalue weighted by molar-refractivity contribution is 8.80. The van der Waals surface area contributed by atoms with Crippen molar-refractivity contribution in [2.24, 2.45) is 0 Å². The van der Waals surface area contributed by atoms with Gasteiger partial charge < -0.3 is 0 Å². The minimum Gasteiger partial charge on any atom is -0.220 e. The molecule has 0 spiro atoms. The molecule has 1 heterocycles. The van der Waals surface area contributed by atoms with Crippen LogP contribution in [0.4, 0.5) is 0 Å². The third-order valence-corrected chi connectivity index (χ3v) is 8.01. The standard InChI is InChI=1S/C5H12O2S2/c1-9(6,7)8-4-2-3-5-8/h8H,2-5H2,1H3. The molecule has 0 amide bonds. The fourth-order valence-electron chi connectivity index (χ4n) is 1.02. The van der Waals surface area contributed by atoms with Crippen molar-refractivity contribution in [2.75, 3.05) is 17.8 Å². The van der Waals surface area contributed by atoms with Crippen molar-refractivity contribution in [3.05, 3.63) is 0 Å². The van der Waals surface area contributed by atoms with E-state index in [0.29, 0.717) is 0 Å². The Bertz CT molecular complexity index is 177. The molecule has 0 radical (unpaired) electrons. The highest BCUT2D eigenvalue weighted by Crippen LogP contribution is 2.39. The largest absolute Gasteiger partial charge is 0.220 e. The predicted octanol–water partition coefficient (Wildman–Crippen LogP) is 0.741. The zero-order chi connectivity index (χ0) is 6.91. The Morgan fingerprint density at radius 1 is 1.22 bits per heavy atom. The number of hydrogen-bond acceptors (Lipinski definition) is 2. The first-order chi connectivity index (χ1) is 4.11. The van der Waals surface area contributed by atoms with Crippen molar-refractivity contribution in [3.8, 4) is 0 Å². The molecule has 1 fully saturated rings. The van der Waals surface area contributed by atoms with E-state index < -0.39 is 18.8 Å². The van der Waals surface area contributed by atoms with E-state index in [2.05, 4.69) is 0 Å². The first-order valence-corrected chi connectivity index (χ1v) is 7.27. The molecule has 0 saturated carbocycles. The normalized spacial score (nSPS) is 24.8. The van der Waals surface area contributed by atoms with Gasteiger partial charge in [0.2, 0.25) is 0 Å². The van der Waals surface area contributed by atoms with Crippen LogP contribution in [-0.2, 0) is 8.87 Å². The van der Waals surface area contributed by atoms with E-state index in [0.717, 1.165) is 24.3 Å². The summed E-state index contributed by atoms with van der Waals surface area (Å²) in [6.07, 6.45) is 3.61. The summed E-state index contributed by atoms with van der Waals surface area (Å²) >= 11 is 0. The molecule has 0 aromatic carbocycles. The van der Waals surface area contributed by atoms with Crippen LogP contribution >= 0.6 is 9.93 Å². The lowest BCUT2D eigenvalue weighted by Crippen LogP contribution is -1.98. The summed E-state index contributed by atoms with van der Waals surface area (Å²) in [6, 6.07) is 0. The minimum absolute atomic E-state index is 0.614. The highest BCUT2D eigenvalue weighted by Gasteiger charge is 2.19. The van der Waals surface area contributed by atoms with Gasteiger partial charge in [0, 0.05) is 6.26 Å². The van der Waals surface area contributed by atoms with E-state index in [1.165, 1.54) is 6.26 Å². The molecule has 1 aliphatic rings. The van der Waals surface area contributed by atoms with Gasteiger partial charge in [0.1, 0.15) is 0 Å². The van der Waals surface area contributed by atoms with Gasteiger partial charge in [-0.15, -0.1) is 0 Å². The fourth-order valence-corrected chi connectivity index (χ4v) is 5.82. The second-order valence-corrected chi connectivity index (χ2v) is 9.23. The highest BCUT2D eigenvalue weighted by atomic mass is 33.2. The van der Waals surface area contributed by atoms with E-state index in [1.54, 1.807) is 0 Å². The van der Waals surface area contributed by atoms with Crippen LogP contribution < -0.4 is 0 Å². The lowest BCUT2D eigenvalue weighted by Gasteiger charge is -2.09. The zero-order valence-electron chi connectivity index (χ0n) is 5.50. The van der Waals surface area contributed by atoms with Gasteiger partial charge >= 0.3 is 0 Å². The van der Waals surface area contributed by atoms with Crippen molar-refractivity contribution < 1.29 is 8.42 Å². The maximum absolute atomic E-state index is 10.9. The Labute approximate surface area is 58.3 Å². The van der Waals surface area contributed by atoms with Crippen molar-refractivity contribution >= 4 is 18.8 Å². The lowest BCUT2D eigenvalue weighted by atomic mass is 10.4. The van der Waals surface area contributed by atoms with Crippen LogP contribution in [0, 0.1) is 0 Å². The Hall–Kier alpha value is 0.300. The van der Waals surface area contributed by atoms with Crippen LogP contribution in [0.25, 0.3) is 0 Å². The molecular weight excluding hydrogens is 156 g/mol. The van der Waals surface area contributed by atoms with Crippen LogP contribution in [0.2, 0.25) is 0 Å². The molecule has 0 N–H and O–H groups in total. The van der Waals surface area contributed by atoms with Crippen LogP contribution in [0.1, 0.15) is 12.8 Å². The van der Waals surface area contributed by atoms with E-state index in [-0.39, 0.29) is 0 Å². The van der Waals surface area contributed by atoms with Gasteiger partial charge in [0.15, 0.2) is 8.87 Å². The molecule has 56 valence electrons. The van der Waals surface area contributed by atoms with Gasteiger partial charge in [-0.25, -0.2) is 8.42 Å². The van der Waals surface area contributed by atoms with Crippen LogP contribution in [-0.4, -0.2) is 26.2 Å². The minimum atomic E-state index is -2.64. The lowest BCUT2D eigenvalue weighted by molar-refractivity contribution is 0.615. The molecule has 0 aromatic heterocycles. The molecule has 0 unspecified atom stereocenters. The maximum atomic E-state index is 10.9. The van der Waals surface area contributed by atoms with Gasteiger partial charge in [-0.1, -0.05) is 0 Å². The van der Waals surface area contributed by atoms with Crippen LogP contribution in [0.5, 0.6) is 0 Å². The van der Waals surface area contributed by atoms with E-state index in [9.17, 15) is 8.42 Å². The van der Waals surface area contributed by atoms with Gasteiger partial charge in [0.25, 0.3) is 0 Å². The van der Waals surface area contributed by atoms with Gasteiger partial charge in [-0.05, 0) is 24.3 Å². The third kappa shape index (κ3) is 1.86. The van der Waals surface area contributed by atoms with Gasteiger partial charge in [-0.3, -0.25) is 0 Å². The number of thiol groups is 1. The second kappa shape index (κ2) is 2.50. The first kappa shape index (κ1) is 7.41. The molecule has 1 aliphatic heterocycles. The van der Waals surface area contributed by atoms with Gasteiger partial charge in [-0.2, -0.15) is 9.93 Å². The quantitative estimate of drug-likeness (QED) is 0.463. The summed E-state index contributed by atoms with van der Waals surface area (Å²) in [5, 5.41) is 0. The molecule has 1 rings (SSSR count). The summed E-state index contributed by atoms with van der Waals surface area (Å²) in [7, 11) is -3.25. The van der Waals surface area contributed by atoms with Crippen LogP contribution in [0.15, 0.2) is 0 Å². The fraction of sp³-hybridized carbons (Fsp3) is 1.00. The SMILES string of the molecule is CS(=O)(=O)[SH]1CCCC1. The number of rotatable bonds is 1. The molecule has 0 aromatic rings. The van der Waals surface area contributed by atoms with E-state index >= 15 is 0 Å². The summed E-state index contributed by atoms with van der Waals surface area (Å²) < 4.78 is 21.7. The van der Waals surface area contributed by atoms with E-state index in [1.807, 2.05) is 0 Å². The Kier molecular flexibility index (Phi) is 2.06. The average Bonchev–Trinajstić information content (AvgIpc) is 2.08. The van der Waals surface area contributed by atoms with Crippen molar-refractivity contribution in [2.45, 2.75) is 12.8 Å². The van der Waals surface area contributed by atoms with Crippen molar-refractivity contribution in [3.63, 3.8) is 0 Å². The van der Waals surface area contributed by atoms with Gasteiger partial charge in [0.05, 0.1) is 0 Å². The molecule has 0 bridgehead atoms. The number of hydrogen-bond donors (Lipinski definition) is 1. The Balaban J connectivity index is 2.63. The van der Waals surface area contributed by atoms with Crippen molar-refractivity contribution in [1.29, 1.82) is 0 Å². The molecule has 0 atom stereocenters. The van der Waals surface area contributed by atoms with E-state index in [4.69, 9.17) is 0 Å². The summed E-state index contributed by atoms with van der Waals surface area (Å²) in [6.45, 7) is 0. The second-order valence-electron chi connectivity index (χ2n) is 2.37. The van der Waals surface area contributed by atoms with Crippen LogP contribution in [0.3, 0.4) is 0 Å². The maximum Gasteiger partial charge on any atom is 0.179 e. The Morgan fingerprint density at radius 2 is 1.67 bits per heavy atom. The topological polar surface area (TPSA) is 34.1 Å². The molecule has 2 nitrogen and oxygen atoms in total. The third-order valence-electron chi connectivity index (χ3n) is 1.53. The van der Waals surface area contributed by atoms with Crippen molar-refractivity contribution in [1.82, 2.24) is 0 Å². The molecular formula is C5H12O2S2. The summed E-state index contributed by atoms with van der Waals surface area (Å²) in [5.41, 5.74) is 0. The monoisotopic (exact) mass is 168 g/mol. The molecule has 4 heteroatoms. The summed E-state index contributed by atoms with van der Waals surface area (Å²) in [5.74, 6) is 1.91. The summed E-state index contributed by atoms with van der Waals surface area (Å²) in [4.78, 5) is 0. The zero-order valence-corrected chi connectivity index (χ0v) is 7.21.